The van der Waals surface area contributed by atoms with Crippen molar-refractivity contribution in [2.75, 3.05) is 13.2 Å². The normalized spacial score (nSPS) is 41.9. The molecule has 0 aromatic heterocycles. The Balaban J connectivity index is 1.97. The van der Waals surface area contributed by atoms with E-state index in [0.29, 0.717) is 13.2 Å². The Kier molecular flexibility index (Phi) is 2.57. The van der Waals surface area contributed by atoms with Gasteiger partial charge in [-0.1, -0.05) is 18.6 Å². The van der Waals surface area contributed by atoms with Crippen LogP contribution >= 0.6 is 0 Å². The van der Waals surface area contributed by atoms with Crippen molar-refractivity contribution in [1.29, 1.82) is 0 Å². The quantitative estimate of drug-likeness (QED) is 0.640. The third kappa shape index (κ3) is 1.31. The van der Waals surface area contributed by atoms with Gasteiger partial charge in [-0.05, 0) is 25.7 Å². The molecule has 2 fully saturated rings. The highest BCUT2D eigenvalue weighted by atomic mass is 16.7. The fourth-order valence-electron chi connectivity index (χ4n) is 3.68. The Bertz CT molecular complexity index is 294. The number of aliphatic hydroxyl groups is 1. The fourth-order valence-corrected chi connectivity index (χ4v) is 3.68. The van der Waals surface area contributed by atoms with Gasteiger partial charge in [-0.3, -0.25) is 0 Å². The second-order valence-electron chi connectivity index (χ2n) is 5.24. The van der Waals surface area contributed by atoms with Crippen molar-refractivity contribution in [1.82, 2.24) is 0 Å². The first-order chi connectivity index (χ1) is 7.79. The molecule has 2 aliphatic carbocycles. The summed E-state index contributed by atoms with van der Waals surface area (Å²) in [6.45, 7) is 1.36. The molecule has 0 radical (unpaired) electrons. The van der Waals surface area contributed by atoms with Crippen molar-refractivity contribution in [3.8, 4) is 0 Å². The number of allylic oxidation sites excluding steroid dienone is 1. The topological polar surface area (TPSA) is 38.7 Å². The molecule has 1 aliphatic heterocycles. The van der Waals surface area contributed by atoms with Crippen molar-refractivity contribution in [3.63, 3.8) is 0 Å². The molecule has 2 spiro atoms. The van der Waals surface area contributed by atoms with E-state index in [-0.39, 0.29) is 11.5 Å². The molecule has 1 saturated carbocycles. The lowest BCUT2D eigenvalue weighted by molar-refractivity contribution is -0.282. The lowest BCUT2D eigenvalue weighted by Gasteiger charge is -2.53. The van der Waals surface area contributed by atoms with Crippen LogP contribution in [0.1, 0.15) is 38.5 Å². The summed E-state index contributed by atoms with van der Waals surface area (Å²) in [7, 11) is 0. The molecule has 1 N–H and O–H groups in total. The molecule has 3 nitrogen and oxygen atoms in total. The molecule has 1 heterocycles. The average Bonchev–Trinajstić information content (AvgIpc) is 2.76. The van der Waals surface area contributed by atoms with Crippen molar-refractivity contribution in [3.05, 3.63) is 12.2 Å². The van der Waals surface area contributed by atoms with Crippen LogP contribution in [0.4, 0.5) is 0 Å². The molecule has 3 heteroatoms. The highest BCUT2D eigenvalue weighted by Gasteiger charge is 2.60. The monoisotopic (exact) mass is 224 g/mol. The van der Waals surface area contributed by atoms with E-state index in [1.165, 1.54) is 6.42 Å². The lowest BCUT2D eigenvalue weighted by Crippen LogP contribution is -2.58. The van der Waals surface area contributed by atoms with Gasteiger partial charge in [-0.15, -0.1) is 0 Å². The van der Waals surface area contributed by atoms with E-state index in [1.54, 1.807) is 0 Å². The van der Waals surface area contributed by atoms with E-state index in [4.69, 9.17) is 9.47 Å². The standard InChI is InChI=1S/C13H20O3/c14-11-5-1-2-6-12(11)7-3-4-8-13(12)15-9-10-16-13/h1-2,11,14H,3-10H2/t11-,12+/m0/s1. The SMILES string of the molecule is O[C@H]1CC=CC[C@@]12CCCCC21OCCO1. The van der Waals surface area contributed by atoms with Crippen molar-refractivity contribution >= 4 is 0 Å². The Morgan fingerprint density at radius 1 is 1.06 bits per heavy atom. The summed E-state index contributed by atoms with van der Waals surface area (Å²) in [5.74, 6) is -0.491. The molecule has 0 aromatic carbocycles. The summed E-state index contributed by atoms with van der Waals surface area (Å²) >= 11 is 0. The van der Waals surface area contributed by atoms with Gasteiger partial charge in [0.15, 0.2) is 5.79 Å². The van der Waals surface area contributed by atoms with Gasteiger partial charge in [0.1, 0.15) is 0 Å². The predicted octanol–water partition coefficient (Wildman–Crippen LogP) is 2.00. The Hall–Kier alpha value is -0.380. The van der Waals surface area contributed by atoms with Gasteiger partial charge in [-0.25, -0.2) is 0 Å². The van der Waals surface area contributed by atoms with Crippen LogP contribution in [0.2, 0.25) is 0 Å². The zero-order valence-electron chi connectivity index (χ0n) is 9.65. The molecule has 0 unspecified atom stereocenters. The number of fused-ring (bicyclic) bond motifs is 1. The molecule has 1 saturated heterocycles. The lowest BCUT2D eigenvalue weighted by atomic mass is 9.61. The summed E-state index contributed by atoms with van der Waals surface area (Å²) in [4.78, 5) is 0. The van der Waals surface area contributed by atoms with Gasteiger partial charge in [0, 0.05) is 6.42 Å². The number of hydrogen-bond acceptors (Lipinski definition) is 3. The summed E-state index contributed by atoms with van der Waals surface area (Å²) in [5.41, 5.74) is -0.184. The minimum absolute atomic E-state index is 0.184. The minimum atomic E-state index is -0.491. The maximum Gasteiger partial charge on any atom is 0.176 e. The maximum atomic E-state index is 10.4. The summed E-state index contributed by atoms with van der Waals surface area (Å²) in [5, 5.41) is 10.4. The van der Waals surface area contributed by atoms with E-state index < -0.39 is 5.79 Å². The van der Waals surface area contributed by atoms with E-state index in [2.05, 4.69) is 12.2 Å². The van der Waals surface area contributed by atoms with Crippen LogP contribution in [0.3, 0.4) is 0 Å². The second-order valence-corrected chi connectivity index (χ2v) is 5.24. The summed E-state index contributed by atoms with van der Waals surface area (Å²) in [6.07, 6.45) is 9.89. The number of ether oxygens (including phenoxy) is 2. The Morgan fingerprint density at radius 3 is 2.56 bits per heavy atom. The first-order valence-corrected chi connectivity index (χ1v) is 6.40. The Morgan fingerprint density at radius 2 is 1.81 bits per heavy atom. The van der Waals surface area contributed by atoms with Crippen LogP contribution in [-0.2, 0) is 9.47 Å². The average molecular weight is 224 g/mol. The van der Waals surface area contributed by atoms with Crippen molar-refractivity contribution < 1.29 is 14.6 Å². The minimum Gasteiger partial charge on any atom is -0.392 e. The zero-order chi connectivity index (χ0) is 11.1. The molecule has 90 valence electrons. The molecule has 3 rings (SSSR count). The maximum absolute atomic E-state index is 10.4. The van der Waals surface area contributed by atoms with Gasteiger partial charge in [0.05, 0.1) is 24.7 Å². The predicted molar refractivity (Wildman–Crippen MR) is 59.9 cm³/mol. The molecule has 0 bridgehead atoms. The Labute approximate surface area is 96.4 Å². The van der Waals surface area contributed by atoms with Gasteiger partial charge in [0.2, 0.25) is 0 Å². The highest BCUT2D eigenvalue weighted by molar-refractivity contribution is 5.11. The van der Waals surface area contributed by atoms with E-state index >= 15 is 0 Å². The van der Waals surface area contributed by atoms with Crippen molar-refractivity contribution in [2.24, 2.45) is 5.41 Å². The van der Waals surface area contributed by atoms with Crippen molar-refractivity contribution in [2.45, 2.75) is 50.4 Å². The van der Waals surface area contributed by atoms with Gasteiger partial charge in [-0.2, -0.15) is 0 Å². The second kappa shape index (κ2) is 3.83. The third-order valence-corrected chi connectivity index (χ3v) is 4.54. The molecule has 2 atom stereocenters. The van der Waals surface area contributed by atoms with E-state index in [0.717, 1.165) is 32.1 Å². The van der Waals surface area contributed by atoms with Crippen LogP contribution < -0.4 is 0 Å². The van der Waals surface area contributed by atoms with Gasteiger partial charge >= 0.3 is 0 Å². The summed E-state index contributed by atoms with van der Waals surface area (Å²) in [6, 6.07) is 0. The van der Waals surface area contributed by atoms with Crippen LogP contribution in [0.25, 0.3) is 0 Å². The molecule has 0 amide bonds. The van der Waals surface area contributed by atoms with Gasteiger partial charge < -0.3 is 14.6 Å². The van der Waals surface area contributed by atoms with Crippen LogP contribution in [0.15, 0.2) is 12.2 Å². The number of rotatable bonds is 0. The highest BCUT2D eigenvalue weighted by Crippen LogP contribution is 2.55. The number of hydrogen-bond donors (Lipinski definition) is 1. The van der Waals surface area contributed by atoms with Gasteiger partial charge in [0.25, 0.3) is 0 Å². The van der Waals surface area contributed by atoms with Crippen LogP contribution in [-0.4, -0.2) is 30.2 Å². The molecule has 16 heavy (non-hydrogen) atoms. The fraction of sp³-hybridized carbons (Fsp3) is 0.846. The van der Waals surface area contributed by atoms with Crippen LogP contribution in [0.5, 0.6) is 0 Å². The van der Waals surface area contributed by atoms with Crippen LogP contribution in [0, 0.1) is 5.41 Å². The first-order valence-electron chi connectivity index (χ1n) is 6.40. The molecule has 0 aromatic rings. The molecule has 3 aliphatic rings. The first kappa shape index (κ1) is 10.8. The van der Waals surface area contributed by atoms with E-state index in [9.17, 15) is 5.11 Å². The third-order valence-electron chi connectivity index (χ3n) is 4.54. The largest absolute Gasteiger partial charge is 0.392 e. The summed E-state index contributed by atoms with van der Waals surface area (Å²) < 4.78 is 11.9. The smallest absolute Gasteiger partial charge is 0.176 e. The zero-order valence-corrected chi connectivity index (χ0v) is 9.65. The van der Waals surface area contributed by atoms with E-state index in [1.807, 2.05) is 0 Å². The molecular weight excluding hydrogens is 204 g/mol. The number of aliphatic hydroxyl groups excluding tert-OH is 1. The molecular formula is C13H20O3.